The van der Waals surface area contributed by atoms with Crippen molar-refractivity contribution < 1.29 is 9.47 Å². The highest BCUT2D eigenvalue weighted by Crippen LogP contribution is 2.29. The van der Waals surface area contributed by atoms with E-state index in [1.807, 2.05) is 12.1 Å². The van der Waals surface area contributed by atoms with E-state index >= 15 is 0 Å². The molecule has 0 saturated carbocycles. The first-order valence-electron chi connectivity index (χ1n) is 6.78. The molecule has 2 N–H and O–H groups in total. The lowest BCUT2D eigenvalue weighted by Gasteiger charge is -2.44. The average Bonchev–Trinajstić information content (AvgIpc) is 2.47. The number of piperazine rings is 1. The molecule has 2 aliphatic heterocycles. The first kappa shape index (κ1) is 12.6. The van der Waals surface area contributed by atoms with Gasteiger partial charge in [0, 0.05) is 37.9 Å². The van der Waals surface area contributed by atoms with Gasteiger partial charge in [-0.1, -0.05) is 0 Å². The fraction of sp³-hybridized carbons (Fsp3) is 0.571. The highest BCUT2D eigenvalue weighted by Gasteiger charge is 2.29. The van der Waals surface area contributed by atoms with Gasteiger partial charge in [-0.05, 0) is 12.1 Å². The molecule has 0 aliphatic carbocycles. The van der Waals surface area contributed by atoms with Gasteiger partial charge in [-0.2, -0.15) is 0 Å². The Balaban J connectivity index is 1.75. The molecule has 1 atom stereocenters. The quantitative estimate of drug-likeness (QED) is 0.800. The Morgan fingerprint density at radius 3 is 3.05 bits per heavy atom. The predicted molar refractivity (Wildman–Crippen MR) is 75.8 cm³/mol. The number of ether oxygens (including phenoxy) is 2. The lowest BCUT2D eigenvalue weighted by molar-refractivity contribution is -0.0116. The van der Waals surface area contributed by atoms with Crippen molar-refractivity contribution >= 4 is 11.4 Å². The summed E-state index contributed by atoms with van der Waals surface area (Å²) in [7, 11) is 1.66. The van der Waals surface area contributed by atoms with Crippen molar-refractivity contribution in [2.45, 2.75) is 6.04 Å². The lowest BCUT2D eigenvalue weighted by atomic mass is 10.1. The van der Waals surface area contributed by atoms with Gasteiger partial charge < -0.3 is 20.1 Å². The molecular formula is C14H21N3O2. The van der Waals surface area contributed by atoms with Crippen LogP contribution in [0, 0.1) is 0 Å². The standard InChI is InChI=1S/C14H21N3O2/c1-18-14-8-11(2-3-13(14)15)17-5-4-16-6-7-19-10-12(16)9-17/h2-3,8,12H,4-7,9-10,15H2,1H3. The third-order valence-corrected chi connectivity index (χ3v) is 4.02. The zero-order valence-corrected chi connectivity index (χ0v) is 11.3. The molecule has 0 bridgehead atoms. The summed E-state index contributed by atoms with van der Waals surface area (Å²) in [5.41, 5.74) is 7.73. The highest BCUT2D eigenvalue weighted by molar-refractivity contribution is 5.62. The van der Waals surface area contributed by atoms with E-state index < -0.39 is 0 Å². The number of nitrogens with two attached hydrogens (primary N) is 1. The summed E-state index contributed by atoms with van der Waals surface area (Å²) >= 11 is 0. The van der Waals surface area contributed by atoms with E-state index in [9.17, 15) is 0 Å². The molecule has 3 rings (SSSR count). The maximum absolute atomic E-state index is 5.86. The van der Waals surface area contributed by atoms with Crippen LogP contribution < -0.4 is 15.4 Å². The van der Waals surface area contributed by atoms with E-state index in [2.05, 4.69) is 15.9 Å². The molecule has 5 nitrogen and oxygen atoms in total. The van der Waals surface area contributed by atoms with Crippen LogP contribution in [-0.2, 0) is 4.74 Å². The molecular weight excluding hydrogens is 242 g/mol. The second-order valence-electron chi connectivity index (χ2n) is 5.14. The Morgan fingerprint density at radius 1 is 1.32 bits per heavy atom. The number of rotatable bonds is 2. The van der Waals surface area contributed by atoms with Gasteiger partial charge in [0.15, 0.2) is 0 Å². The molecule has 2 fully saturated rings. The van der Waals surface area contributed by atoms with Gasteiger partial charge in [0.1, 0.15) is 5.75 Å². The minimum Gasteiger partial charge on any atom is -0.495 e. The zero-order chi connectivity index (χ0) is 13.2. The Labute approximate surface area is 113 Å². The van der Waals surface area contributed by atoms with Crippen molar-refractivity contribution in [3.05, 3.63) is 18.2 Å². The van der Waals surface area contributed by atoms with Gasteiger partial charge in [-0.3, -0.25) is 4.90 Å². The minimum absolute atomic E-state index is 0.506. The molecule has 1 unspecified atom stereocenters. The number of methoxy groups -OCH3 is 1. The predicted octanol–water partition coefficient (Wildman–Crippen LogP) is 0.798. The number of morpholine rings is 1. The molecule has 19 heavy (non-hydrogen) atoms. The summed E-state index contributed by atoms with van der Waals surface area (Å²) in [6.45, 7) is 5.91. The summed E-state index contributed by atoms with van der Waals surface area (Å²) in [5.74, 6) is 0.750. The number of nitrogens with zero attached hydrogens (tertiary/aromatic N) is 2. The van der Waals surface area contributed by atoms with Gasteiger partial charge in [-0.25, -0.2) is 0 Å². The van der Waals surface area contributed by atoms with Crippen molar-refractivity contribution in [3.8, 4) is 5.75 Å². The number of nitrogen functional groups attached to an aromatic ring is 1. The van der Waals surface area contributed by atoms with E-state index in [1.165, 1.54) is 5.69 Å². The largest absolute Gasteiger partial charge is 0.495 e. The van der Waals surface area contributed by atoms with Crippen LogP contribution in [0.5, 0.6) is 5.75 Å². The molecule has 0 aromatic heterocycles. The zero-order valence-electron chi connectivity index (χ0n) is 11.3. The third kappa shape index (κ3) is 2.48. The number of anilines is 2. The summed E-state index contributed by atoms with van der Waals surface area (Å²) in [6, 6.07) is 6.51. The molecule has 2 saturated heterocycles. The van der Waals surface area contributed by atoms with E-state index in [1.54, 1.807) is 7.11 Å². The summed E-state index contributed by atoms with van der Waals surface area (Å²) in [5, 5.41) is 0. The van der Waals surface area contributed by atoms with Crippen molar-refractivity contribution in [3.63, 3.8) is 0 Å². The van der Waals surface area contributed by atoms with Gasteiger partial charge in [0.25, 0.3) is 0 Å². The monoisotopic (exact) mass is 263 g/mol. The van der Waals surface area contributed by atoms with Crippen LogP contribution in [0.4, 0.5) is 11.4 Å². The van der Waals surface area contributed by atoms with Crippen LogP contribution >= 0.6 is 0 Å². The number of benzene rings is 1. The minimum atomic E-state index is 0.506. The first-order chi connectivity index (χ1) is 9.28. The number of fused-ring (bicyclic) bond motifs is 1. The van der Waals surface area contributed by atoms with E-state index in [4.69, 9.17) is 15.2 Å². The van der Waals surface area contributed by atoms with Crippen LogP contribution in [0.1, 0.15) is 0 Å². The Hall–Kier alpha value is -1.46. The first-order valence-corrected chi connectivity index (χ1v) is 6.78. The molecule has 0 radical (unpaired) electrons. The van der Waals surface area contributed by atoms with Crippen LogP contribution in [0.15, 0.2) is 18.2 Å². The second-order valence-corrected chi connectivity index (χ2v) is 5.14. The molecule has 5 heteroatoms. The molecule has 1 aromatic rings. The second kappa shape index (κ2) is 5.27. The Kier molecular flexibility index (Phi) is 3.48. The maximum Gasteiger partial charge on any atom is 0.143 e. The fourth-order valence-electron chi connectivity index (χ4n) is 2.88. The van der Waals surface area contributed by atoms with Crippen LogP contribution in [-0.4, -0.2) is 57.4 Å². The van der Waals surface area contributed by atoms with Gasteiger partial charge >= 0.3 is 0 Å². The van der Waals surface area contributed by atoms with Crippen LogP contribution in [0.2, 0.25) is 0 Å². The summed E-state index contributed by atoms with van der Waals surface area (Å²) in [6.07, 6.45) is 0. The van der Waals surface area contributed by atoms with Crippen molar-refractivity contribution in [2.24, 2.45) is 0 Å². The maximum atomic E-state index is 5.86. The van der Waals surface area contributed by atoms with Crippen molar-refractivity contribution in [2.75, 3.05) is 57.1 Å². The highest BCUT2D eigenvalue weighted by atomic mass is 16.5. The summed E-state index contributed by atoms with van der Waals surface area (Å²) in [4.78, 5) is 4.91. The van der Waals surface area contributed by atoms with E-state index in [0.29, 0.717) is 11.7 Å². The Bertz CT molecular complexity index is 452. The smallest absolute Gasteiger partial charge is 0.143 e. The molecule has 1 aromatic carbocycles. The number of hydrogen-bond donors (Lipinski definition) is 1. The summed E-state index contributed by atoms with van der Waals surface area (Å²) < 4.78 is 10.9. The average molecular weight is 263 g/mol. The molecule has 2 aliphatic rings. The molecule has 0 spiro atoms. The van der Waals surface area contributed by atoms with Crippen molar-refractivity contribution in [1.82, 2.24) is 4.90 Å². The molecule has 2 heterocycles. The van der Waals surface area contributed by atoms with E-state index in [-0.39, 0.29) is 0 Å². The normalized spacial score (nSPS) is 24.1. The Morgan fingerprint density at radius 2 is 2.21 bits per heavy atom. The fourth-order valence-corrected chi connectivity index (χ4v) is 2.88. The SMILES string of the molecule is COc1cc(N2CCN3CCOCC3C2)ccc1N. The van der Waals surface area contributed by atoms with Crippen LogP contribution in [0.25, 0.3) is 0 Å². The van der Waals surface area contributed by atoms with E-state index in [0.717, 1.165) is 45.1 Å². The third-order valence-electron chi connectivity index (χ3n) is 4.02. The topological polar surface area (TPSA) is 51.0 Å². The molecule has 0 amide bonds. The number of hydrogen-bond acceptors (Lipinski definition) is 5. The van der Waals surface area contributed by atoms with Crippen LogP contribution in [0.3, 0.4) is 0 Å². The van der Waals surface area contributed by atoms with Gasteiger partial charge in [-0.15, -0.1) is 0 Å². The van der Waals surface area contributed by atoms with Crippen molar-refractivity contribution in [1.29, 1.82) is 0 Å². The lowest BCUT2D eigenvalue weighted by Crippen LogP contribution is -2.58. The molecule has 104 valence electrons. The van der Waals surface area contributed by atoms with Gasteiger partial charge in [0.2, 0.25) is 0 Å². The van der Waals surface area contributed by atoms with Gasteiger partial charge in [0.05, 0.1) is 32.1 Å².